The van der Waals surface area contributed by atoms with Crippen LogP contribution in [0.3, 0.4) is 0 Å². The Hall–Kier alpha value is -1.30. The monoisotopic (exact) mass is 326 g/mol. The Bertz CT molecular complexity index is 473. The number of nitrogens with two attached hydrogens (primary N) is 1. The molecule has 1 fully saturated rings. The number of nitrogens with zero attached hydrogens (tertiary/aromatic N) is 1. The van der Waals surface area contributed by atoms with E-state index in [2.05, 4.69) is 4.90 Å². The highest BCUT2D eigenvalue weighted by molar-refractivity contribution is 6.30. The molecule has 2 rings (SSSR count). The molecule has 0 spiro atoms. The van der Waals surface area contributed by atoms with Gasteiger partial charge in [0.25, 0.3) is 0 Å². The first kappa shape index (κ1) is 17.1. The zero-order chi connectivity index (χ0) is 15.9. The van der Waals surface area contributed by atoms with Crippen molar-refractivity contribution < 1.29 is 14.6 Å². The molecule has 0 saturated carbocycles. The molecule has 1 atom stereocenters. The Balaban J connectivity index is 1.66. The molecule has 1 unspecified atom stereocenters. The lowest BCUT2D eigenvalue weighted by atomic mass is 9.93. The Morgan fingerprint density at radius 1 is 1.36 bits per heavy atom. The summed E-state index contributed by atoms with van der Waals surface area (Å²) >= 11 is 5.81. The minimum absolute atomic E-state index is 0.227. The van der Waals surface area contributed by atoms with Crippen LogP contribution in [-0.4, -0.2) is 48.3 Å². The van der Waals surface area contributed by atoms with E-state index in [1.807, 2.05) is 0 Å². The highest BCUT2D eigenvalue weighted by atomic mass is 35.5. The SMILES string of the molecule is NC(=O)CC1CCN(CC(O)COc2ccc(Cl)cc2)CC1. The van der Waals surface area contributed by atoms with E-state index in [0.29, 0.717) is 29.7 Å². The maximum Gasteiger partial charge on any atom is 0.217 e. The molecule has 0 radical (unpaired) electrons. The molecule has 1 aromatic rings. The summed E-state index contributed by atoms with van der Waals surface area (Å²) < 4.78 is 5.54. The predicted octanol–water partition coefficient (Wildman–Crippen LogP) is 1.67. The van der Waals surface area contributed by atoms with Gasteiger partial charge in [0.15, 0.2) is 0 Å². The molecule has 1 aliphatic rings. The number of likely N-dealkylation sites (tertiary alicyclic amines) is 1. The van der Waals surface area contributed by atoms with E-state index in [9.17, 15) is 9.90 Å². The van der Waals surface area contributed by atoms with E-state index in [1.54, 1.807) is 24.3 Å². The van der Waals surface area contributed by atoms with Gasteiger partial charge in [0.05, 0.1) is 0 Å². The van der Waals surface area contributed by atoms with Gasteiger partial charge < -0.3 is 20.5 Å². The Morgan fingerprint density at radius 2 is 2.00 bits per heavy atom. The number of halogens is 1. The van der Waals surface area contributed by atoms with Gasteiger partial charge in [-0.2, -0.15) is 0 Å². The lowest BCUT2D eigenvalue weighted by Crippen LogP contribution is -2.41. The summed E-state index contributed by atoms with van der Waals surface area (Å²) in [6.07, 6.45) is 1.83. The number of β-amino-alcohol motifs (C(OH)–C–C–N with tert-alkyl or cyclic N) is 1. The summed E-state index contributed by atoms with van der Waals surface area (Å²) in [4.78, 5) is 13.1. The van der Waals surface area contributed by atoms with Gasteiger partial charge in [-0.15, -0.1) is 0 Å². The van der Waals surface area contributed by atoms with Crippen molar-refractivity contribution in [3.63, 3.8) is 0 Å². The quantitative estimate of drug-likeness (QED) is 0.799. The van der Waals surface area contributed by atoms with Crippen LogP contribution in [0.2, 0.25) is 5.02 Å². The average molecular weight is 327 g/mol. The molecular weight excluding hydrogens is 304 g/mol. The van der Waals surface area contributed by atoms with E-state index in [1.165, 1.54) is 0 Å². The smallest absolute Gasteiger partial charge is 0.217 e. The third-order valence-corrected chi connectivity index (χ3v) is 4.17. The number of hydrogen-bond acceptors (Lipinski definition) is 4. The van der Waals surface area contributed by atoms with Crippen LogP contribution in [0.25, 0.3) is 0 Å². The van der Waals surface area contributed by atoms with E-state index >= 15 is 0 Å². The number of amides is 1. The third-order valence-electron chi connectivity index (χ3n) is 3.92. The van der Waals surface area contributed by atoms with Crippen LogP contribution in [-0.2, 0) is 4.79 Å². The zero-order valence-corrected chi connectivity index (χ0v) is 13.3. The number of rotatable bonds is 7. The van der Waals surface area contributed by atoms with Crippen LogP contribution >= 0.6 is 11.6 Å². The number of primary amides is 1. The summed E-state index contributed by atoms with van der Waals surface area (Å²) in [5.74, 6) is 0.856. The van der Waals surface area contributed by atoms with Gasteiger partial charge in [0.1, 0.15) is 18.5 Å². The minimum atomic E-state index is -0.539. The van der Waals surface area contributed by atoms with Crippen LogP contribution in [0.5, 0.6) is 5.75 Å². The molecule has 6 heteroatoms. The molecule has 1 saturated heterocycles. The van der Waals surface area contributed by atoms with Gasteiger partial charge in [0.2, 0.25) is 5.91 Å². The van der Waals surface area contributed by atoms with Crippen LogP contribution < -0.4 is 10.5 Å². The summed E-state index contributed by atoms with van der Waals surface area (Å²) in [6.45, 7) is 2.60. The van der Waals surface area contributed by atoms with Crippen molar-refractivity contribution >= 4 is 17.5 Å². The number of aliphatic hydroxyl groups is 1. The van der Waals surface area contributed by atoms with Crippen molar-refractivity contribution in [2.24, 2.45) is 11.7 Å². The highest BCUT2D eigenvalue weighted by Crippen LogP contribution is 2.20. The third kappa shape index (κ3) is 5.83. The molecule has 3 N–H and O–H groups in total. The second-order valence-corrected chi connectivity index (χ2v) is 6.27. The Morgan fingerprint density at radius 3 is 2.59 bits per heavy atom. The molecule has 1 amide bonds. The van der Waals surface area contributed by atoms with Crippen LogP contribution in [0.4, 0.5) is 0 Å². The van der Waals surface area contributed by atoms with E-state index in [4.69, 9.17) is 22.1 Å². The zero-order valence-electron chi connectivity index (χ0n) is 12.6. The molecule has 0 aromatic heterocycles. The number of benzene rings is 1. The molecular formula is C16H23ClN2O3. The molecule has 1 aliphatic heterocycles. The first-order chi connectivity index (χ1) is 10.5. The van der Waals surface area contributed by atoms with Gasteiger partial charge in [-0.25, -0.2) is 0 Å². The van der Waals surface area contributed by atoms with Crippen molar-refractivity contribution in [2.45, 2.75) is 25.4 Å². The molecule has 122 valence electrons. The first-order valence-corrected chi connectivity index (χ1v) is 7.98. The summed E-state index contributed by atoms with van der Waals surface area (Å²) in [5, 5.41) is 10.7. The van der Waals surface area contributed by atoms with Gasteiger partial charge >= 0.3 is 0 Å². The molecule has 5 nitrogen and oxygen atoms in total. The molecule has 0 bridgehead atoms. The highest BCUT2D eigenvalue weighted by Gasteiger charge is 2.22. The maximum atomic E-state index is 10.9. The molecule has 1 heterocycles. The number of carbonyl (C=O) groups is 1. The second-order valence-electron chi connectivity index (χ2n) is 5.83. The van der Waals surface area contributed by atoms with Gasteiger partial charge in [-0.3, -0.25) is 4.79 Å². The number of piperidine rings is 1. The predicted molar refractivity (Wildman–Crippen MR) is 85.9 cm³/mol. The van der Waals surface area contributed by atoms with Crippen molar-refractivity contribution in [2.75, 3.05) is 26.2 Å². The lowest BCUT2D eigenvalue weighted by Gasteiger charge is -2.32. The average Bonchev–Trinajstić information content (AvgIpc) is 2.48. The first-order valence-electron chi connectivity index (χ1n) is 7.60. The lowest BCUT2D eigenvalue weighted by molar-refractivity contribution is -0.119. The van der Waals surface area contributed by atoms with Crippen molar-refractivity contribution in [1.29, 1.82) is 0 Å². The standard InChI is InChI=1S/C16H23ClN2O3/c17-13-1-3-15(4-2-13)22-11-14(20)10-19-7-5-12(6-8-19)9-16(18)21/h1-4,12,14,20H,5-11H2,(H2,18,21). The summed E-state index contributed by atoms with van der Waals surface area (Å²) in [7, 11) is 0. The van der Waals surface area contributed by atoms with Gasteiger partial charge in [-0.05, 0) is 56.1 Å². The van der Waals surface area contributed by atoms with Gasteiger partial charge in [-0.1, -0.05) is 11.6 Å². The fourth-order valence-electron chi connectivity index (χ4n) is 2.73. The van der Waals surface area contributed by atoms with Crippen LogP contribution in [0.1, 0.15) is 19.3 Å². The maximum absolute atomic E-state index is 10.9. The largest absolute Gasteiger partial charge is 0.491 e. The Kier molecular flexibility index (Phi) is 6.49. The number of aliphatic hydroxyl groups excluding tert-OH is 1. The number of ether oxygens (including phenoxy) is 1. The molecule has 0 aliphatic carbocycles. The van der Waals surface area contributed by atoms with E-state index in [0.717, 1.165) is 25.9 Å². The number of carbonyl (C=O) groups excluding carboxylic acids is 1. The van der Waals surface area contributed by atoms with E-state index < -0.39 is 6.10 Å². The van der Waals surface area contributed by atoms with Crippen LogP contribution in [0.15, 0.2) is 24.3 Å². The normalized spacial score (nSPS) is 18.1. The van der Waals surface area contributed by atoms with Crippen molar-refractivity contribution in [3.8, 4) is 5.75 Å². The molecule has 22 heavy (non-hydrogen) atoms. The molecule has 1 aromatic carbocycles. The van der Waals surface area contributed by atoms with Crippen molar-refractivity contribution in [1.82, 2.24) is 4.90 Å². The summed E-state index contributed by atoms with van der Waals surface area (Å²) in [5.41, 5.74) is 5.23. The fourth-order valence-corrected chi connectivity index (χ4v) is 2.86. The minimum Gasteiger partial charge on any atom is -0.491 e. The van der Waals surface area contributed by atoms with Crippen LogP contribution in [0, 0.1) is 5.92 Å². The van der Waals surface area contributed by atoms with E-state index in [-0.39, 0.29) is 12.5 Å². The fraction of sp³-hybridized carbons (Fsp3) is 0.562. The second kappa shape index (κ2) is 8.36. The van der Waals surface area contributed by atoms with Gasteiger partial charge in [0, 0.05) is 18.0 Å². The summed E-state index contributed by atoms with van der Waals surface area (Å²) in [6, 6.07) is 7.08. The van der Waals surface area contributed by atoms with Crippen molar-refractivity contribution in [3.05, 3.63) is 29.3 Å². The Labute approximate surface area is 136 Å². The number of hydrogen-bond donors (Lipinski definition) is 2. The topological polar surface area (TPSA) is 75.8 Å².